The molecule has 1 N–H and O–H groups in total. The molecule has 0 aliphatic heterocycles. The van der Waals surface area contributed by atoms with Gasteiger partial charge in [-0.3, -0.25) is 0 Å². The topological polar surface area (TPSA) is 32.3 Å². The minimum absolute atomic E-state index is 0.286. The lowest BCUT2D eigenvalue weighted by atomic mass is 10.1. The number of nitrogens with one attached hydrogen (secondary N) is 1. The second-order valence-corrected chi connectivity index (χ2v) is 5.63. The molecule has 0 aliphatic rings. The first-order valence-electron chi connectivity index (χ1n) is 7.50. The fourth-order valence-corrected chi connectivity index (χ4v) is 2.27. The normalized spacial score (nSPS) is 12.5. The first-order chi connectivity index (χ1) is 11.3. The molecule has 0 aliphatic carbocycles. The monoisotopic (exact) mass is 336 g/mol. The molecule has 6 heteroatoms. The SMILES string of the molecule is C[C@@H](NC(=O)N(C)Cc1ccccc1)c1ccc(C(F)(F)F)cc1. The zero-order chi connectivity index (χ0) is 17.7. The zero-order valence-corrected chi connectivity index (χ0v) is 13.5. The lowest BCUT2D eigenvalue weighted by Gasteiger charge is -2.22. The first kappa shape index (κ1) is 17.8. The van der Waals surface area contributed by atoms with E-state index in [1.807, 2.05) is 30.3 Å². The molecule has 2 amide bonds. The largest absolute Gasteiger partial charge is 0.416 e. The highest BCUT2D eigenvalue weighted by molar-refractivity contribution is 5.74. The van der Waals surface area contributed by atoms with E-state index in [0.29, 0.717) is 12.1 Å². The molecule has 2 aromatic carbocycles. The van der Waals surface area contributed by atoms with Gasteiger partial charge in [0.25, 0.3) is 0 Å². The highest BCUT2D eigenvalue weighted by atomic mass is 19.4. The smallest absolute Gasteiger partial charge is 0.331 e. The summed E-state index contributed by atoms with van der Waals surface area (Å²) in [4.78, 5) is 13.7. The second-order valence-electron chi connectivity index (χ2n) is 5.63. The van der Waals surface area contributed by atoms with Crippen molar-refractivity contribution in [1.29, 1.82) is 0 Å². The minimum Gasteiger partial charge on any atom is -0.331 e. The lowest BCUT2D eigenvalue weighted by Crippen LogP contribution is -2.38. The van der Waals surface area contributed by atoms with Gasteiger partial charge in [0.15, 0.2) is 0 Å². The van der Waals surface area contributed by atoms with E-state index in [4.69, 9.17) is 0 Å². The van der Waals surface area contributed by atoms with E-state index in [9.17, 15) is 18.0 Å². The fraction of sp³-hybridized carbons (Fsp3) is 0.278. The van der Waals surface area contributed by atoms with Gasteiger partial charge in [0.2, 0.25) is 0 Å². The van der Waals surface area contributed by atoms with Crippen LogP contribution in [0.1, 0.15) is 29.7 Å². The molecule has 0 spiro atoms. The Labute approximate surface area is 139 Å². The molecule has 0 saturated heterocycles. The highest BCUT2D eigenvalue weighted by Gasteiger charge is 2.30. The summed E-state index contributed by atoms with van der Waals surface area (Å²) in [5.74, 6) is 0. The van der Waals surface area contributed by atoms with Crippen LogP contribution in [0.25, 0.3) is 0 Å². The number of rotatable bonds is 4. The molecule has 0 unspecified atom stereocenters. The molecule has 0 saturated carbocycles. The van der Waals surface area contributed by atoms with E-state index in [-0.39, 0.29) is 6.03 Å². The number of amides is 2. The maximum absolute atomic E-state index is 12.6. The average Bonchev–Trinajstić information content (AvgIpc) is 2.55. The summed E-state index contributed by atoms with van der Waals surface area (Å²) in [7, 11) is 1.67. The van der Waals surface area contributed by atoms with E-state index < -0.39 is 17.8 Å². The van der Waals surface area contributed by atoms with E-state index >= 15 is 0 Å². The van der Waals surface area contributed by atoms with Gasteiger partial charge in [-0.25, -0.2) is 4.79 Å². The third-order valence-corrected chi connectivity index (χ3v) is 3.69. The van der Waals surface area contributed by atoms with Gasteiger partial charge in [0.05, 0.1) is 11.6 Å². The van der Waals surface area contributed by atoms with Crippen LogP contribution in [-0.4, -0.2) is 18.0 Å². The summed E-state index contributed by atoms with van der Waals surface area (Å²) in [5.41, 5.74) is 0.910. The van der Waals surface area contributed by atoms with Gasteiger partial charge in [-0.2, -0.15) is 13.2 Å². The summed E-state index contributed by atoms with van der Waals surface area (Å²) in [6, 6.07) is 13.7. The van der Waals surface area contributed by atoms with Crippen LogP contribution in [0.4, 0.5) is 18.0 Å². The number of carbonyl (C=O) groups excluding carboxylic acids is 1. The van der Waals surface area contributed by atoms with Crippen molar-refractivity contribution >= 4 is 6.03 Å². The number of halogens is 3. The number of carbonyl (C=O) groups is 1. The van der Waals surface area contributed by atoms with Crippen molar-refractivity contribution in [2.45, 2.75) is 25.7 Å². The average molecular weight is 336 g/mol. The van der Waals surface area contributed by atoms with Gasteiger partial charge in [-0.1, -0.05) is 42.5 Å². The molecule has 3 nitrogen and oxygen atoms in total. The molecule has 0 fully saturated rings. The molecular formula is C18H19F3N2O. The molecule has 1 atom stereocenters. The molecule has 0 radical (unpaired) electrons. The Balaban J connectivity index is 1.95. The summed E-state index contributed by atoms with van der Waals surface area (Å²) >= 11 is 0. The quantitative estimate of drug-likeness (QED) is 0.869. The van der Waals surface area contributed by atoms with E-state index in [1.165, 1.54) is 17.0 Å². The van der Waals surface area contributed by atoms with E-state index in [0.717, 1.165) is 17.7 Å². The van der Waals surface area contributed by atoms with E-state index in [2.05, 4.69) is 5.32 Å². The van der Waals surface area contributed by atoms with Crippen LogP contribution in [0.2, 0.25) is 0 Å². The third-order valence-electron chi connectivity index (χ3n) is 3.69. The Morgan fingerprint density at radius 1 is 1.08 bits per heavy atom. The summed E-state index contributed by atoms with van der Waals surface area (Å²) in [5, 5.41) is 2.78. The maximum atomic E-state index is 12.6. The molecule has 24 heavy (non-hydrogen) atoms. The number of benzene rings is 2. The second kappa shape index (κ2) is 7.38. The van der Waals surface area contributed by atoms with Gasteiger partial charge in [-0.15, -0.1) is 0 Å². The van der Waals surface area contributed by atoms with Crippen molar-refractivity contribution in [3.63, 3.8) is 0 Å². The lowest BCUT2D eigenvalue weighted by molar-refractivity contribution is -0.137. The summed E-state index contributed by atoms with van der Waals surface area (Å²) in [6.07, 6.45) is -4.36. The number of alkyl halides is 3. The number of hydrogen-bond donors (Lipinski definition) is 1. The predicted molar refractivity (Wildman–Crippen MR) is 86.3 cm³/mol. The van der Waals surface area contributed by atoms with Crippen molar-refractivity contribution in [3.05, 3.63) is 71.3 Å². The van der Waals surface area contributed by atoms with Crippen molar-refractivity contribution < 1.29 is 18.0 Å². The molecule has 2 rings (SSSR count). The molecule has 0 aromatic heterocycles. The minimum atomic E-state index is -4.36. The van der Waals surface area contributed by atoms with Crippen LogP contribution in [0.5, 0.6) is 0 Å². The Morgan fingerprint density at radius 3 is 2.21 bits per heavy atom. The Morgan fingerprint density at radius 2 is 1.67 bits per heavy atom. The van der Waals surface area contributed by atoms with Gasteiger partial charge < -0.3 is 10.2 Å². The third kappa shape index (κ3) is 4.75. The van der Waals surface area contributed by atoms with Gasteiger partial charge in [0.1, 0.15) is 0 Å². The van der Waals surface area contributed by atoms with Crippen LogP contribution in [-0.2, 0) is 12.7 Å². The molecular weight excluding hydrogens is 317 g/mol. The first-order valence-corrected chi connectivity index (χ1v) is 7.50. The molecule has 128 valence electrons. The fourth-order valence-electron chi connectivity index (χ4n) is 2.27. The number of hydrogen-bond acceptors (Lipinski definition) is 1. The van der Waals surface area contributed by atoms with Crippen molar-refractivity contribution in [2.75, 3.05) is 7.05 Å². The Kier molecular flexibility index (Phi) is 5.49. The molecule has 0 heterocycles. The molecule has 2 aromatic rings. The van der Waals surface area contributed by atoms with Gasteiger partial charge >= 0.3 is 12.2 Å². The van der Waals surface area contributed by atoms with Gasteiger partial charge in [-0.05, 0) is 30.2 Å². The summed E-state index contributed by atoms with van der Waals surface area (Å²) in [6.45, 7) is 2.18. The van der Waals surface area contributed by atoms with Crippen LogP contribution in [0, 0.1) is 0 Å². The number of urea groups is 1. The van der Waals surface area contributed by atoms with Crippen LogP contribution >= 0.6 is 0 Å². The standard InChI is InChI=1S/C18H19F3N2O/c1-13(15-8-10-16(11-9-15)18(19,20)21)22-17(24)23(2)12-14-6-4-3-5-7-14/h3-11,13H,12H2,1-2H3,(H,22,24)/t13-/m1/s1. The van der Waals surface area contributed by atoms with E-state index in [1.54, 1.807) is 14.0 Å². The predicted octanol–water partition coefficient (Wildman–Crippen LogP) is 4.61. The van der Waals surface area contributed by atoms with Crippen molar-refractivity contribution in [2.24, 2.45) is 0 Å². The Hall–Kier alpha value is -2.50. The summed E-state index contributed by atoms with van der Waals surface area (Å²) < 4.78 is 37.7. The highest BCUT2D eigenvalue weighted by Crippen LogP contribution is 2.29. The maximum Gasteiger partial charge on any atom is 0.416 e. The van der Waals surface area contributed by atoms with Crippen LogP contribution < -0.4 is 5.32 Å². The van der Waals surface area contributed by atoms with Crippen LogP contribution in [0.15, 0.2) is 54.6 Å². The van der Waals surface area contributed by atoms with Crippen molar-refractivity contribution in [1.82, 2.24) is 10.2 Å². The van der Waals surface area contributed by atoms with Crippen molar-refractivity contribution in [3.8, 4) is 0 Å². The van der Waals surface area contributed by atoms with Gasteiger partial charge in [0, 0.05) is 13.6 Å². The number of nitrogens with zero attached hydrogens (tertiary/aromatic N) is 1. The zero-order valence-electron chi connectivity index (χ0n) is 13.5. The van der Waals surface area contributed by atoms with Crippen LogP contribution in [0.3, 0.4) is 0 Å². The molecule has 0 bridgehead atoms. The Bertz CT molecular complexity index is 669.